The molecule has 0 aliphatic rings. The summed E-state index contributed by atoms with van der Waals surface area (Å²) in [4.78, 5) is 7.96. The summed E-state index contributed by atoms with van der Waals surface area (Å²) in [6, 6.07) is 18.3. The van der Waals surface area contributed by atoms with Gasteiger partial charge >= 0.3 is 0 Å². The third-order valence-electron chi connectivity index (χ3n) is 3.14. The van der Waals surface area contributed by atoms with Crippen molar-refractivity contribution in [2.45, 2.75) is 0 Å². The normalized spacial score (nSPS) is 10.4. The molecule has 0 unspecified atom stereocenters. The van der Waals surface area contributed by atoms with Crippen LogP contribution in [0.25, 0.3) is 22.3 Å². The smallest absolute Gasteiger partial charge is 0.221 e. The van der Waals surface area contributed by atoms with Crippen LogP contribution in [0, 0.1) is 0 Å². The Morgan fingerprint density at radius 2 is 1.30 bits per heavy atom. The third kappa shape index (κ3) is 2.31. The number of benzene rings is 2. The van der Waals surface area contributed by atoms with E-state index < -0.39 is 0 Å². The molecule has 2 aromatic carbocycles. The average molecular weight is 262 g/mol. The predicted octanol–water partition coefficient (Wildman–Crippen LogP) is 2.98. The minimum Gasteiger partial charge on any atom is -0.383 e. The molecule has 0 radical (unpaired) electrons. The Kier molecular flexibility index (Phi) is 3.05. The van der Waals surface area contributed by atoms with Crippen LogP contribution in [-0.2, 0) is 0 Å². The van der Waals surface area contributed by atoms with Crippen molar-refractivity contribution in [3.63, 3.8) is 0 Å². The van der Waals surface area contributed by atoms with E-state index in [9.17, 15) is 0 Å². The van der Waals surface area contributed by atoms with Crippen LogP contribution in [0.5, 0.6) is 0 Å². The fraction of sp³-hybridized carbons (Fsp3) is 0. The second kappa shape index (κ2) is 5.01. The lowest BCUT2D eigenvalue weighted by Gasteiger charge is -2.07. The lowest BCUT2D eigenvalue weighted by atomic mass is 10.0. The molecule has 0 saturated carbocycles. The Morgan fingerprint density at radius 3 is 1.95 bits per heavy atom. The maximum atomic E-state index is 5.87. The highest BCUT2D eigenvalue weighted by Crippen LogP contribution is 2.27. The van der Waals surface area contributed by atoms with Crippen molar-refractivity contribution in [1.29, 1.82) is 0 Å². The van der Waals surface area contributed by atoms with Gasteiger partial charge in [0, 0.05) is 11.8 Å². The van der Waals surface area contributed by atoms with Crippen LogP contribution in [-0.4, -0.2) is 9.97 Å². The molecule has 4 nitrogen and oxygen atoms in total. The zero-order valence-corrected chi connectivity index (χ0v) is 10.8. The van der Waals surface area contributed by atoms with Crippen LogP contribution in [0.4, 0.5) is 11.8 Å². The first-order valence-electron chi connectivity index (χ1n) is 6.28. The van der Waals surface area contributed by atoms with E-state index in [0.29, 0.717) is 5.82 Å². The largest absolute Gasteiger partial charge is 0.383 e. The topological polar surface area (TPSA) is 77.8 Å². The summed E-state index contributed by atoms with van der Waals surface area (Å²) < 4.78 is 0. The van der Waals surface area contributed by atoms with Gasteiger partial charge in [0.1, 0.15) is 5.82 Å². The molecular formula is C16H14N4. The van der Waals surface area contributed by atoms with Crippen molar-refractivity contribution >= 4 is 11.8 Å². The SMILES string of the molecule is Nc1ncc(-c2ccc(-c3ccccc3)cc2)c(N)n1. The summed E-state index contributed by atoms with van der Waals surface area (Å²) in [7, 11) is 0. The molecule has 3 rings (SSSR count). The van der Waals surface area contributed by atoms with Crippen LogP contribution in [0.15, 0.2) is 60.8 Å². The van der Waals surface area contributed by atoms with Crippen LogP contribution in [0.2, 0.25) is 0 Å². The van der Waals surface area contributed by atoms with Crippen molar-refractivity contribution in [3.8, 4) is 22.3 Å². The van der Waals surface area contributed by atoms with Gasteiger partial charge < -0.3 is 11.5 Å². The summed E-state index contributed by atoms with van der Waals surface area (Å²) in [6.07, 6.45) is 1.65. The maximum Gasteiger partial charge on any atom is 0.221 e. The van der Waals surface area contributed by atoms with Gasteiger partial charge in [-0.15, -0.1) is 0 Å². The van der Waals surface area contributed by atoms with Gasteiger partial charge in [-0.25, -0.2) is 4.98 Å². The van der Waals surface area contributed by atoms with Gasteiger partial charge in [-0.3, -0.25) is 0 Å². The van der Waals surface area contributed by atoms with E-state index in [2.05, 4.69) is 34.2 Å². The van der Waals surface area contributed by atoms with Gasteiger partial charge in [0.15, 0.2) is 0 Å². The molecule has 0 spiro atoms. The lowest BCUT2D eigenvalue weighted by Crippen LogP contribution is -2.00. The number of aromatic nitrogens is 2. The fourth-order valence-electron chi connectivity index (χ4n) is 2.10. The van der Waals surface area contributed by atoms with Crippen molar-refractivity contribution in [2.24, 2.45) is 0 Å². The monoisotopic (exact) mass is 262 g/mol. The molecule has 0 amide bonds. The van der Waals surface area contributed by atoms with E-state index >= 15 is 0 Å². The number of hydrogen-bond donors (Lipinski definition) is 2. The third-order valence-corrected chi connectivity index (χ3v) is 3.14. The molecule has 3 aromatic rings. The number of nitrogens with two attached hydrogens (primary N) is 2. The highest BCUT2D eigenvalue weighted by molar-refractivity contribution is 5.76. The van der Waals surface area contributed by atoms with E-state index in [4.69, 9.17) is 11.5 Å². The second-order valence-electron chi connectivity index (χ2n) is 4.47. The Bertz CT molecular complexity index is 721. The van der Waals surface area contributed by atoms with Crippen molar-refractivity contribution < 1.29 is 0 Å². The Morgan fingerprint density at radius 1 is 0.700 bits per heavy atom. The molecule has 98 valence electrons. The summed E-state index contributed by atoms with van der Waals surface area (Å²) >= 11 is 0. The van der Waals surface area contributed by atoms with Gasteiger partial charge in [0.2, 0.25) is 5.95 Å². The van der Waals surface area contributed by atoms with E-state index in [1.807, 2.05) is 30.3 Å². The predicted molar refractivity (Wildman–Crippen MR) is 81.7 cm³/mol. The molecule has 4 heteroatoms. The molecule has 0 aliphatic heterocycles. The van der Waals surface area contributed by atoms with Gasteiger partial charge in [-0.1, -0.05) is 54.6 Å². The van der Waals surface area contributed by atoms with E-state index in [1.54, 1.807) is 6.20 Å². The van der Waals surface area contributed by atoms with Crippen molar-refractivity contribution in [1.82, 2.24) is 9.97 Å². The maximum absolute atomic E-state index is 5.87. The highest BCUT2D eigenvalue weighted by atomic mass is 15.0. The van der Waals surface area contributed by atoms with Gasteiger partial charge in [0.05, 0.1) is 0 Å². The summed E-state index contributed by atoms with van der Waals surface area (Å²) in [5.41, 5.74) is 15.5. The molecule has 20 heavy (non-hydrogen) atoms. The Labute approximate surface area is 117 Å². The van der Waals surface area contributed by atoms with Gasteiger partial charge in [-0.2, -0.15) is 4.98 Å². The average Bonchev–Trinajstić information content (AvgIpc) is 2.48. The first kappa shape index (κ1) is 12.2. The molecule has 0 atom stereocenters. The summed E-state index contributed by atoms with van der Waals surface area (Å²) in [5, 5.41) is 0. The number of nitrogen functional groups attached to an aromatic ring is 2. The Balaban J connectivity index is 1.97. The summed E-state index contributed by atoms with van der Waals surface area (Å²) in [6.45, 7) is 0. The standard InChI is InChI=1S/C16H14N4/c17-15-14(10-19-16(18)20-15)13-8-6-12(7-9-13)11-4-2-1-3-5-11/h1-10H,(H4,17,18,19,20). The molecule has 0 bridgehead atoms. The number of hydrogen-bond acceptors (Lipinski definition) is 4. The Hall–Kier alpha value is -2.88. The molecule has 1 aromatic heterocycles. The molecule has 0 fully saturated rings. The van der Waals surface area contributed by atoms with E-state index in [1.165, 1.54) is 5.56 Å². The van der Waals surface area contributed by atoms with E-state index in [0.717, 1.165) is 16.7 Å². The zero-order chi connectivity index (χ0) is 13.9. The first-order valence-corrected chi connectivity index (χ1v) is 6.28. The number of nitrogens with zero attached hydrogens (tertiary/aromatic N) is 2. The molecule has 1 heterocycles. The van der Waals surface area contributed by atoms with Gasteiger partial charge in [0.25, 0.3) is 0 Å². The summed E-state index contributed by atoms with van der Waals surface area (Å²) in [5.74, 6) is 0.581. The molecule has 4 N–H and O–H groups in total. The highest BCUT2D eigenvalue weighted by Gasteiger charge is 2.05. The number of rotatable bonds is 2. The van der Waals surface area contributed by atoms with Crippen LogP contribution in [0.1, 0.15) is 0 Å². The first-order chi connectivity index (χ1) is 9.74. The lowest BCUT2D eigenvalue weighted by molar-refractivity contribution is 1.20. The molecule has 0 saturated heterocycles. The molecular weight excluding hydrogens is 248 g/mol. The van der Waals surface area contributed by atoms with Crippen LogP contribution < -0.4 is 11.5 Å². The van der Waals surface area contributed by atoms with Crippen molar-refractivity contribution in [2.75, 3.05) is 11.5 Å². The van der Waals surface area contributed by atoms with E-state index in [-0.39, 0.29) is 5.95 Å². The zero-order valence-electron chi connectivity index (χ0n) is 10.8. The van der Waals surface area contributed by atoms with Crippen LogP contribution >= 0.6 is 0 Å². The minimum atomic E-state index is 0.187. The number of anilines is 2. The quantitative estimate of drug-likeness (QED) is 0.744. The molecule has 0 aliphatic carbocycles. The van der Waals surface area contributed by atoms with Crippen LogP contribution in [0.3, 0.4) is 0 Å². The fourth-order valence-corrected chi connectivity index (χ4v) is 2.10. The minimum absolute atomic E-state index is 0.187. The van der Waals surface area contributed by atoms with Gasteiger partial charge in [-0.05, 0) is 16.7 Å². The second-order valence-corrected chi connectivity index (χ2v) is 4.47. The van der Waals surface area contributed by atoms with Crippen molar-refractivity contribution in [3.05, 3.63) is 60.8 Å².